The van der Waals surface area contributed by atoms with Gasteiger partial charge in [-0.3, -0.25) is 4.79 Å². The van der Waals surface area contributed by atoms with E-state index in [1.807, 2.05) is 26.0 Å². The standard InChI is InChI=1S/C14H18N2O2S/c1-4-18-13(17)10(3)8-19-14-15-11-6-5-9(2)7-12(11)16-14/h5-7,10H,4,8H2,1-3H3,(H,15,16). The van der Waals surface area contributed by atoms with Crippen LogP contribution in [0.4, 0.5) is 0 Å². The summed E-state index contributed by atoms with van der Waals surface area (Å²) in [6.45, 7) is 6.17. The van der Waals surface area contributed by atoms with Gasteiger partial charge in [-0.1, -0.05) is 24.8 Å². The summed E-state index contributed by atoms with van der Waals surface area (Å²) in [7, 11) is 0. The third kappa shape index (κ3) is 3.50. The maximum absolute atomic E-state index is 11.5. The van der Waals surface area contributed by atoms with Gasteiger partial charge < -0.3 is 9.72 Å². The van der Waals surface area contributed by atoms with Crippen molar-refractivity contribution in [1.82, 2.24) is 9.97 Å². The number of imidazole rings is 1. The van der Waals surface area contributed by atoms with Gasteiger partial charge in [0.2, 0.25) is 0 Å². The number of hydrogen-bond acceptors (Lipinski definition) is 4. The minimum Gasteiger partial charge on any atom is -0.466 e. The van der Waals surface area contributed by atoms with Crippen LogP contribution in [-0.2, 0) is 9.53 Å². The van der Waals surface area contributed by atoms with Gasteiger partial charge in [-0.25, -0.2) is 4.98 Å². The molecule has 19 heavy (non-hydrogen) atoms. The first kappa shape index (κ1) is 13.9. The zero-order valence-corrected chi connectivity index (χ0v) is 12.2. The molecule has 1 unspecified atom stereocenters. The fraction of sp³-hybridized carbons (Fsp3) is 0.429. The van der Waals surface area contributed by atoms with Gasteiger partial charge >= 0.3 is 5.97 Å². The molecule has 0 bridgehead atoms. The van der Waals surface area contributed by atoms with Crippen LogP contribution in [0.2, 0.25) is 0 Å². The molecule has 1 heterocycles. The second-order valence-corrected chi connectivity index (χ2v) is 5.54. The van der Waals surface area contributed by atoms with Crippen LogP contribution in [0.25, 0.3) is 11.0 Å². The molecular formula is C14H18N2O2S. The van der Waals surface area contributed by atoms with Crippen molar-refractivity contribution in [1.29, 1.82) is 0 Å². The lowest BCUT2D eigenvalue weighted by atomic mass is 10.2. The summed E-state index contributed by atoms with van der Waals surface area (Å²) < 4.78 is 4.98. The number of benzene rings is 1. The van der Waals surface area contributed by atoms with E-state index in [9.17, 15) is 4.79 Å². The van der Waals surface area contributed by atoms with Crippen LogP contribution in [0.15, 0.2) is 23.4 Å². The molecule has 0 aliphatic heterocycles. The van der Waals surface area contributed by atoms with Crippen molar-refractivity contribution in [2.24, 2.45) is 5.92 Å². The minimum atomic E-state index is -0.151. The number of aryl methyl sites for hydroxylation is 1. The monoisotopic (exact) mass is 278 g/mol. The first-order valence-electron chi connectivity index (χ1n) is 6.36. The molecule has 1 N–H and O–H groups in total. The van der Waals surface area contributed by atoms with E-state index in [4.69, 9.17) is 4.74 Å². The van der Waals surface area contributed by atoms with Crippen LogP contribution in [-0.4, -0.2) is 28.3 Å². The van der Waals surface area contributed by atoms with Crippen LogP contribution in [0, 0.1) is 12.8 Å². The lowest BCUT2D eigenvalue weighted by molar-refractivity contribution is -0.146. The largest absolute Gasteiger partial charge is 0.466 e. The maximum Gasteiger partial charge on any atom is 0.309 e. The SMILES string of the molecule is CCOC(=O)C(C)CSc1nc2ccc(C)cc2[nH]1. The number of thioether (sulfide) groups is 1. The van der Waals surface area contributed by atoms with Crippen LogP contribution in [0.3, 0.4) is 0 Å². The number of nitrogens with zero attached hydrogens (tertiary/aromatic N) is 1. The van der Waals surface area contributed by atoms with Crippen molar-refractivity contribution in [3.63, 3.8) is 0 Å². The number of carbonyl (C=O) groups excluding carboxylic acids is 1. The molecule has 102 valence electrons. The molecule has 0 saturated heterocycles. The normalized spacial score (nSPS) is 12.6. The van der Waals surface area contributed by atoms with Crippen molar-refractivity contribution in [3.8, 4) is 0 Å². The lowest BCUT2D eigenvalue weighted by Gasteiger charge is -2.08. The van der Waals surface area contributed by atoms with Gasteiger partial charge in [0, 0.05) is 5.75 Å². The number of esters is 1. The Morgan fingerprint density at radius 1 is 1.53 bits per heavy atom. The van der Waals surface area contributed by atoms with E-state index in [1.165, 1.54) is 5.56 Å². The molecule has 1 aromatic heterocycles. The number of fused-ring (bicyclic) bond motifs is 1. The highest BCUT2D eigenvalue weighted by Gasteiger charge is 2.15. The second-order valence-electron chi connectivity index (χ2n) is 4.53. The van der Waals surface area contributed by atoms with E-state index >= 15 is 0 Å². The van der Waals surface area contributed by atoms with Crippen molar-refractivity contribution in [2.75, 3.05) is 12.4 Å². The van der Waals surface area contributed by atoms with Crippen molar-refractivity contribution in [2.45, 2.75) is 25.9 Å². The molecule has 5 heteroatoms. The number of ether oxygens (including phenoxy) is 1. The Morgan fingerprint density at radius 3 is 3.05 bits per heavy atom. The van der Waals surface area contributed by atoms with Gasteiger partial charge in [0.1, 0.15) is 0 Å². The summed E-state index contributed by atoms with van der Waals surface area (Å²) in [5, 5.41) is 0.844. The van der Waals surface area contributed by atoms with Gasteiger partial charge in [-0.05, 0) is 31.5 Å². The third-order valence-corrected chi connectivity index (χ3v) is 3.91. The molecule has 0 fully saturated rings. The van der Waals surface area contributed by atoms with E-state index in [0.717, 1.165) is 16.2 Å². The molecule has 0 spiro atoms. The van der Waals surface area contributed by atoms with Gasteiger partial charge in [0.05, 0.1) is 23.6 Å². The zero-order chi connectivity index (χ0) is 13.8. The van der Waals surface area contributed by atoms with Crippen LogP contribution >= 0.6 is 11.8 Å². The number of nitrogens with one attached hydrogen (secondary N) is 1. The highest BCUT2D eigenvalue weighted by atomic mass is 32.2. The number of carbonyl (C=O) groups is 1. The first-order valence-corrected chi connectivity index (χ1v) is 7.34. The fourth-order valence-corrected chi connectivity index (χ4v) is 2.61. The van der Waals surface area contributed by atoms with Crippen molar-refractivity contribution in [3.05, 3.63) is 23.8 Å². The molecular weight excluding hydrogens is 260 g/mol. The fourth-order valence-electron chi connectivity index (χ4n) is 1.72. The molecule has 1 aromatic carbocycles. The average molecular weight is 278 g/mol. The van der Waals surface area contributed by atoms with E-state index < -0.39 is 0 Å². The predicted molar refractivity (Wildman–Crippen MR) is 77.4 cm³/mol. The summed E-state index contributed by atoms with van der Waals surface area (Å²) in [4.78, 5) is 19.3. The topological polar surface area (TPSA) is 55.0 Å². The maximum atomic E-state index is 11.5. The summed E-state index contributed by atoms with van der Waals surface area (Å²) in [6, 6.07) is 6.11. The quantitative estimate of drug-likeness (QED) is 0.674. The van der Waals surface area contributed by atoms with Gasteiger partial charge in [0.15, 0.2) is 5.16 Å². The number of aromatic amines is 1. The molecule has 2 aromatic rings. The van der Waals surface area contributed by atoms with E-state index in [1.54, 1.807) is 11.8 Å². The molecule has 0 radical (unpaired) electrons. The Hall–Kier alpha value is -1.49. The smallest absolute Gasteiger partial charge is 0.309 e. The summed E-state index contributed by atoms with van der Waals surface area (Å²) >= 11 is 1.55. The Kier molecular flexibility index (Phi) is 4.47. The first-order chi connectivity index (χ1) is 9.10. The van der Waals surface area contributed by atoms with Crippen LogP contribution in [0.5, 0.6) is 0 Å². The minimum absolute atomic E-state index is 0.125. The third-order valence-electron chi connectivity index (χ3n) is 2.77. The van der Waals surface area contributed by atoms with Crippen LogP contribution in [0.1, 0.15) is 19.4 Å². The van der Waals surface area contributed by atoms with E-state index in [2.05, 4.69) is 23.0 Å². The van der Waals surface area contributed by atoms with E-state index in [-0.39, 0.29) is 11.9 Å². The molecule has 2 rings (SSSR count). The molecule has 0 aliphatic carbocycles. The Bertz CT molecular complexity index is 580. The lowest BCUT2D eigenvalue weighted by Crippen LogP contribution is -2.16. The highest BCUT2D eigenvalue weighted by molar-refractivity contribution is 7.99. The van der Waals surface area contributed by atoms with Crippen molar-refractivity contribution < 1.29 is 9.53 Å². The molecule has 4 nitrogen and oxygen atoms in total. The number of H-pyrrole nitrogens is 1. The summed E-state index contributed by atoms with van der Waals surface area (Å²) in [5.41, 5.74) is 3.19. The Morgan fingerprint density at radius 2 is 2.32 bits per heavy atom. The molecule has 1 atom stereocenters. The summed E-state index contributed by atoms with van der Waals surface area (Å²) in [5.74, 6) is 0.388. The Labute approximate surface area is 116 Å². The van der Waals surface area contributed by atoms with Gasteiger partial charge in [-0.15, -0.1) is 0 Å². The van der Waals surface area contributed by atoms with Gasteiger partial charge in [0.25, 0.3) is 0 Å². The molecule has 0 aliphatic rings. The molecule has 0 saturated carbocycles. The average Bonchev–Trinajstić information content (AvgIpc) is 2.78. The number of hydrogen-bond donors (Lipinski definition) is 1. The van der Waals surface area contributed by atoms with Crippen LogP contribution < -0.4 is 0 Å². The van der Waals surface area contributed by atoms with Crippen molar-refractivity contribution >= 4 is 28.8 Å². The van der Waals surface area contributed by atoms with Gasteiger partial charge in [-0.2, -0.15) is 0 Å². The molecule has 0 amide bonds. The van der Waals surface area contributed by atoms with E-state index in [0.29, 0.717) is 12.4 Å². The highest BCUT2D eigenvalue weighted by Crippen LogP contribution is 2.22. The predicted octanol–water partition coefficient (Wildman–Crippen LogP) is 3.16. The second kappa shape index (κ2) is 6.10. The zero-order valence-electron chi connectivity index (χ0n) is 11.4. The number of rotatable bonds is 5. The number of aromatic nitrogens is 2. The Balaban J connectivity index is 2.00. The summed E-state index contributed by atoms with van der Waals surface area (Å²) in [6.07, 6.45) is 0.